The maximum absolute atomic E-state index is 12.6. The predicted octanol–water partition coefficient (Wildman–Crippen LogP) is 2.48. The number of carbonyl (C=O) groups excluding carboxylic acids is 2. The number of carbonyl (C=O) groups is 2. The molecule has 190 valence electrons. The number of hydrogen-bond donors (Lipinski definition) is 2. The Hall–Kier alpha value is -2.94. The Morgan fingerprint density at radius 1 is 0.914 bits per heavy atom. The third kappa shape index (κ3) is 7.52. The first-order valence-corrected chi connectivity index (χ1v) is 12.3. The van der Waals surface area contributed by atoms with Crippen LogP contribution in [0.4, 0.5) is 5.69 Å². The Bertz CT molecular complexity index is 958. The molecule has 0 spiro atoms. The van der Waals surface area contributed by atoms with Crippen molar-refractivity contribution < 1.29 is 19.1 Å². The Morgan fingerprint density at radius 3 is 2.11 bits per heavy atom. The number of ether oxygens (including phenoxy) is 2. The minimum Gasteiger partial charge on any atom is -0.378 e. The van der Waals surface area contributed by atoms with Crippen molar-refractivity contribution in [1.82, 2.24) is 15.5 Å². The van der Waals surface area contributed by atoms with Crippen LogP contribution >= 0.6 is 0 Å². The van der Waals surface area contributed by atoms with Crippen LogP contribution in [0.1, 0.15) is 36.6 Å². The third-order valence-corrected chi connectivity index (χ3v) is 6.19. The van der Waals surface area contributed by atoms with Gasteiger partial charge in [-0.05, 0) is 49.1 Å². The number of nitrogens with one attached hydrogen (secondary N) is 2. The van der Waals surface area contributed by atoms with E-state index in [2.05, 4.69) is 69.0 Å². The van der Waals surface area contributed by atoms with Crippen LogP contribution in [-0.4, -0.2) is 69.9 Å². The number of nitrogens with zero attached hydrogens (tertiary/aromatic N) is 2. The lowest BCUT2D eigenvalue weighted by Crippen LogP contribution is -2.46. The topological polar surface area (TPSA) is 83.1 Å². The van der Waals surface area contributed by atoms with Gasteiger partial charge < -0.3 is 25.0 Å². The quantitative estimate of drug-likeness (QED) is 0.378. The second-order valence-corrected chi connectivity index (χ2v) is 8.75. The average molecular weight is 483 g/mol. The molecule has 0 fully saturated rings. The van der Waals surface area contributed by atoms with Crippen LogP contribution in [0.3, 0.4) is 0 Å². The fourth-order valence-electron chi connectivity index (χ4n) is 4.30. The smallest absolute Gasteiger partial charge is 0.309 e. The lowest BCUT2D eigenvalue weighted by atomic mass is 9.96. The molecule has 1 aliphatic rings. The Labute approximate surface area is 208 Å². The van der Waals surface area contributed by atoms with E-state index >= 15 is 0 Å². The standard InChI is InChI=1S/C27H38N4O4/c1-5-34-25(35-6-2)18-29-27(33)26(32)28-17-24(21-11-13-23(14-12-21)30(3)4)31-16-15-20-9-7-8-10-22(20)19-31/h7-14,24-25H,5-6,15-19H2,1-4H3,(H,28,32)(H,29,33). The molecule has 0 bridgehead atoms. The molecule has 0 saturated heterocycles. The minimum atomic E-state index is -0.694. The monoisotopic (exact) mass is 482 g/mol. The van der Waals surface area contributed by atoms with E-state index in [1.165, 1.54) is 11.1 Å². The van der Waals surface area contributed by atoms with E-state index in [9.17, 15) is 9.59 Å². The molecule has 3 rings (SSSR count). The Balaban J connectivity index is 1.67. The maximum atomic E-state index is 12.6. The summed E-state index contributed by atoms with van der Waals surface area (Å²) in [7, 11) is 4.02. The summed E-state index contributed by atoms with van der Waals surface area (Å²) in [4.78, 5) is 29.4. The van der Waals surface area contributed by atoms with Gasteiger partial charge in [-0.1, -0.05) is 36.4 Å². The normalized spacial score (nSPS) is 14.3. The lowest BCUT2D eigenvalue weighted by molar-refractivity contribution is -0.146. The van der Waals surface area contributed by atoms with Crippen LogP contribution in [0, 0.1) is 0 Å². The van der Waals surface area contributed by atoms with Gasteiger partial charge in [-0.25, -0.2) is 0 Å². The highest BCUT2D eigenvalue weighted by atomic mass is 16.7. The molecule has 1 atom stereocenters. The SMILES string of the molecule is CCOC(CNC(=O)C(=O)NCC(c1ccc(N(C)C)cc1)N1CCc2ccccc2C1)OCC. The second-order valence-electron chi connectivity index (χ2n) is 8.75. The highest BCUT2D eigenvalue weighted by Gasteiger charge is 2.26. The van der Waals surface area contributed by atoms with Gasteiger partial charge >= 0.3 is 11.8 Å². The van der Waals surface area contributed by atoms with Gasteiger partial charge in [0.15, 0.2) is 6.29 Å². The molecule has 1 aliphatic heterocycles. The molecule has 35 heavy (non-hydrogen) atoms. The van der Waals surface area contributed by atoms with Crippen molar-refractivity contribution in [2.24, 2.45) is 0 Å². The Kier molecular flexibility index (Phi) is 10.1. The van der Waals surface area contributed by atoms with Crippen molar-refractivity contribution in [3.05, 3.63) is 65.2 Å². The fourth-order valence-corrected chi connectivity index (χ4v) is 4.30. The summed E-state index contributed by atoms with van der Waals surface area (Å²) in [6, 6.07) is 16.8. The highest BCUT2D eigenvalue weighted by molar-refractivity contribution is 6.35. The molecule has 0 saturated carbocycles. The first-order chi connectivity index (χ1) is 16.9. The molecule has 2 N–H and O–H groups in total. The van der Waals surface area contributed by atoms with Gasteiger partial charge in [0.1, 0.15) is 0 Å². The molecule has 8 nitrogen and oxygen atoms in total. The number of fused-ring (bicyclic) bond motifs is 1. The predicted molar refractivity (Wildman–Crippen MR) is 137 cm³/mol. The largest absolute Gasteiger partial charge is 0.378 e. The van der Waals surface area contributed by atoms with E-state index < -0.39 is 18.1 Å². The molecule has 1 unspecified atom stereocenters. The van der Waals surface area contributed by atoms with Crippen molar-refractivity contribution in [3.63, 3.8) is 0 Å². The summed E-state index contributed by atoms with van der Waals surface area (Å²) in [5.41, 5.74) is 4.88. The summed E-state index contributed by atoms with van der Waals surface area (Å²) in [5, 5.41) is 5.45. The van der Waals surface area contributed by atoms with Crippen LogP contribution in [0.5, 0.6) is 0 Å². The number of amides is 2. The van der Waals surface area contributed by atoms with Crippen molar-refractivity contribution in [1.29, 1.82) is 0 Å². The number of hydrogen-bond acceptors (Lipinski definition) is 6. The molecular formula is C27H38N4O4. The number of benzene rings is 2. The maximum Gasteiger partial charge on any atom is 0.309 e. The summed E-state index contributed by atoms with van der Waals surface area (Å²) in [6.07, 6.45) is 0.380. The van der Waals surface area contributed by atoms with E-state index in [1.54, 1.807) is 0 Å². The average Bonchev–Trinajstić information content (AvgIpc) is 2.87. The minimum absolute atomic E-state index is 0.0593. The van der Waals surface area contributed by atoms with Crippen LogP contribution in [-0.2, 0) is 32.0 Å². The van der Waals surface area contributed by atoms with E-state index in [4.69, 9.17) is 9.47 Å². The van der Waals surface area contributed by atoms with Crippen molar-refractivity contribution >= 4 is 17.5 Å². The van der Waals surface area contributed by atoms with E-state index in [-0.39, 0.29) is 12.6 Å². The highest BCUT2D eigenvalue weighted by Crippen LogP contribution is 2.28. The van der Waals surface area contributed by atoms with Gasteiger partial charge in [0.05, 0.1) is 12.6 Å². The van der Waals surface area contributed by atoms with Gasteiger partial charge in [-0.3, -0.25) is 14.5 Å². The van der Waals surface area contributed by atoms with Gasteiger partial charge in [0, 0.05) is 52.6 Å². The van der Waals surface area contributed by atoms with Crippen LogP contribution in [0.15, 0.2) is 48.5 Å². The van der Waals surface area contributed by atoms with Crippen molar-refractivity contribution in [2.45, 2.75) is 39.1 Å². The van der Waals surface area contributed by atoms with E-state index in [1.807, 2.05) is 27.9 Å². The fraction of sp³-hybridized carbons (Fsp3) is 0.481. The molecule has 0 radical (unpaired) electrons. The van der Waals surface area contributed by atoms with Crippen LogP contribution in [0.2, 0.25) is 0 Å². The molecule has 0 aliphatic carbocycles. The van der Waals surface area contributed by atoms with Gasteiger partial charge in [0.2, 0.25) is 0 Å². The van der Waals surface area contributed by atoms with Gasteiger partial charge in [-0.2, -0.15) is 0 Å². The summed E-state index contributed by atoms with van der Waals surface area (Å²) < 4.78 is 10.8. The second kappa shape index (κ2) is 13.2. The molecule has 2 amide bonds. The summed E-state index contributed by atoms with van der Waals surface area (Å²) in [6.45, 7) is 6.74. The lowest BCUT2D eigenvalue weighted by Gasteiger charge is -2.36. The molecular weight excluding hydrogens is 444 g/mol. The summed E-state index contributed by atoms with van der Waals surface area (Å²) in [5.74, 6) is -1.36. The zero-order valence-electron chi connectivity index (χ0n) is 21.3. The molecule has 0 aromatic heterocycles. The Morgan fingerprint density at radius 2 is 1.51 bits per heavy atom. The van der Waals surface area contributed by atoms with Crippen molar-refractivity contribution in [2.75, 3.05) is 51.8 Å². The molecule has 2 aromatic carbocycles. The van der Waals surface area contributed by atoms with E-state index in [0.29, 0.717) is 19.8 Å². The van der Waals surface area contributed by atoms with Crippen molar-refractivity contribution in [3.8, 4) is 0 Å². The van der Waals surface area contributed by atoms with Crippen LogP contribution < -0.4 is 15.5 Å². The van der Waals surface area contributed by atoms with E-state index in [0.717, 1.165) is 30.8 Å². The van der Waals surface area contributed by atoms with Gasteiger partial charge in [-0.15, -0.1) is 0 Å². The summed E-state index contributed by atoms with van der Waals surface area (Å²) >= 11 is 0. The molecule has 2 aromatic rings. The third-order valence-electron chi connectivity index (χ3n) is 6.19. The molecule has 1 heterocycles. The van der Waals surface area contributed by atoms with Crippen LogP contribution in [0.25, 0.3) is 0 Å². The number of rotatable bonds is 11. The zero-order valence-corrected chi connectivity index (χ0v) is 21.3. The first kappa shape index (κ1) is 26.7. The van der Waals surface area contributed by atoms with Gasteiger partial charge in [0.25, 0.3) is 0 Å². The molecule has 8 heteroatoms. The first-order valence-electron chi connectivity index (χ1n) is 12.3. The number of anilines is 1. The zero-order chi connectivity index (χ0) is 25.2.